The van der Waals surface area contributed by atoms with Gasteiger partial charge < -0.3 is 11.1 Å². The summed E-state index contributed by atoms with van der Waals surface area (Å²) in [5, 5.41) is 3.49. The first-order valence-electron chi connectivity index (χ1n) is 5.21. The Kier molecular flexibility index (Phi) is 4.07. The summed E-state index contributed by atoms with van der Waals surface area (Å²) in [5.41, 5.74) is 6.42. The summed E-state index contributed by atoms with van der Waals surface area (Å²) in [4.78, 5) is 12.0. The minimum absolute atomic E-state index is 0.211. The molecular weight excluding hydrogens is 279 g/mol. The van der Waals surface area contributed by atoms with Crippen LogP contribution < -0.4 is 11.1 Å². The van der Waals surface area contributed by atoms with E-state index in [0.29, 0.717) is 16.3 Å². The summed E-state index contributed by atoms with van der Waals surface area (Å²) in [7, 11) is 0. The molecule has 0 saturated carbocycles. The van der Waals surface area contributed by atoms with E-state index >= 15 is 0 Å². The average molecular weight is 291 g/mol. The predicted molar refractivity (Wildman–Crippen MR) is 74.1 cm³/mol. The maximum absolute atomic E-state index is 12.0. The lowest BCUT2D eigenvalue weighted by Gasteiger charge is -2.13. The minimum Gasteiger partial charge on any atom is -0.399 e. The van der Waals surface area contributed by atoms with Gasteiger partial charge in [-0.15, -0.1) is 0 Å². The van der Waals surface area contributed by atoms with Crippen molar-refractivity contribution in [2.24, 2.45) is 0 Å². The summed E-state index contributed by atoms with van der Waals surface area (Å²) in [6.45, 7) is 0. The smallest absolute Gasteiger partial charge is 0.253 e. The van der Waals surface area contributed by atoms with Crippen LogP contribution in [0.4, 0.5) is 5.69 Å². The molecule has 0 aromatic heterocycles. The Bertz CT molecular complexity index is 447. The molecule has 0 radical (unpaired) electrons. The topological polar surface area (TPSA) is 55.1 Å². The zero-order valence-electron chi connectivity index (χ0n) is 9.00. The van der Waals surface area contributed by atoms with Crippen LogP contribution in [-0.4, -0.2) is 23.5 Å². The predicted octanol–water partition coefficient (Wildman–Crippen LogP) is 2.81. The zero-order valence-corrected chi connectivity index (χ0v) is 11.3. The largest absolute Gasteiger partial charge is 0.399 e. The SMILES string of the molecule is Nc1cc(Cl)c(Cl)c(C(=O)NC2CCSC2)c1. The van der Waals surface area contributed by atoms with Gasteiger partial charge in [-0.25, -0.2) is 0 Å². The summed E-state index contributed by atoms with van der Waals surface area (Å²) in [6.07, 6.45) is 0.990. The maximum atomic E-state index is 12.0. The molecule has 1 atom stereocenters. The highest BCUT2D eigenvalue weighted by atomic mass is 35.5. The van der Waals surface area contributed by atoms with Crippen LogP contribution in [0.2, 0.25) is 10.0 Å². The van der Waals surface area contributed by atoms with Crippen LogP contribution >= 0.6 is 35.0 Å². The molecule has 1 unspecified atom stereocenters. The Morgan fingerprint density at radius 1 is 1.47 bits per heavy atom. The van der Waals surface area contributed by atoms with E-state index in [2.05, 4.69) is 5.32 Å². The average Bonchev–Trinajstić information content (AvgIpc) is 2.76. The molecule has 6 heteroatoms. The Labute approximate surface area is 114 Å². The first-order chi connectivity index (χ1) is 8.08. The van der Waals surface area contributed by atoms with E-state index in [1.807, 2.05) is 11.8 Å². The van der Waals surface area contributed by atoms with Crippen molar-refractivity contribution in [1.82, 2.24) is 5.32 Å². The number of hydrogen-bond donors (Lipinski definition) is 2. The number of hydrogen-bond acceptors (Lipinski definition) is 3. The second kappa shape index (κ2) is 5.38. The Hall–Kier alpha value is -0.580. The highest BCUT2D eigenvalue weighted by molar-refractivity contribution is 7.99. The fourth-order valence-corrected chi connectivity index (χ4v) is 3.26. The Balaban J connectivity index is 2.18. The van der Waals surface area contributed by atoms with Crippen LogP contribution in [0.3, 0.4) is 0 Å². The highest BCUT2D eigenvalue weighted by Crippen LogP contribution is 2.29. The molecule has 1 amide bonds. The Morgan fingerprint density at radius 2 is 2.24 bits per heavy atom. The third kappa shape index (κ3) is 3.00. The number of anilines is 1. The van der Waals surface area contributed by atoms with Crippen molar-refractivity contribution in [2.45, 2.75) is 12.5 Å². The van der Waals surface area contributed by atoms with Gasteiger partial charge in [0.2, 0.25) is 0 Å². The van der Waals surface area contributed by atoms with E-state index in [0.717, 1.165) is 17.9 Å². The molecule has 1 saturated heterocycles. The fourth-order valence-electron chi connectivity index (χ4n) is 1.69. The van der Waals surface area contributed by atoms with Crippen molar-refractivity contribution in [1.29, 1.82) is 0 Å². The van der Waals surface area contributed by atoms with E-state index in [4.69, 9.17) is 28.9 Å². The van der Waals surface area contributed by atoms with Gasteiger partial charge >= 0.3 is 0 Å². The van der Waals surface area contributed by atoms with Crippen molar-refractivity contribution in [3.05, 3.63) is 27.7 Å². The van der Waals surface area contributed by atoms with Crippen LogP contribution in [-0.2, 0) is 0 Å². The molecule has 0 aliphatic carbocycles. The second-order valence-corrected chi connectivity index (χ2v) is 5.83. The standard InChI is InChI=1S/C11H12Cl2N2OS/c12-9-4-6(14)3-8(10(9)13)11(16)15-7-1-2-17-5-7/h3-4,7H,1-2,5,14H2,(H,15,16). The van der Waals surface area contributed by atoms with Crippen LogP contribution in [0.25, 0.3) is 0 Å². The van der Waals surface area contributed by atoms with Crippen molar-refractivity contribution < 1.29 is 4.79 Å². The van der Waals surface area contributed by atoms with Crippen LogP contribution in [0.5, 0.6) is 0 Å². The van der Waals surface area contributed by atoms with E-state index < -0.39 is 0 Å². The minimum atomic E-state index is -0.211. The molecule has 1 aromatic carbocycles. The monoisotopic (exact) mass is 290 g/mol. The molecule has 0 bridgehead atoms. The first-order valence-corrected chi connectivity index (χ1v) is 7.12. The number of benzene rings is 1. The number of nitrogens with one attached hydrogen (secondary N) is 1. The maximum Gasteiger partial charge on any atom is 0.253 e. The number of amides is 1. The van der Waals surface area contributed by atoms with E-state index in [9.17, 15) is 4.79 Å². The second-order valence-electron chi connectivity index (χ2n) is 3.90. The molecular formula is C11H12Cl2N2OS. The van der Waals surface area contributed by atoms with Crippen molar-refractivity contribution >= 4 is 46.6 Å². The quantitative estimate of drug-likeness (QED) is 0.824. The lowest BCUT2D eigenvalue weighted by Crippen LogP contribution is -2.34. The van der Waals surface area contributed by atoms with Crippen LogP contribution in [0.15, 0.2) is 12.1 Å². The molecule has 92 valence electrons. The van der Waals surface area contributed by atoms with E-state index in [1.165, 1.54) is 6.07 Å². The molecule has 1 fully saturated rings. The van der Waals surface area contributed by atoms with Gasteiger partial charge in [0.25, 0.3) is 5.91 Å². The third-order valence-electron chi connectivity index (χ3n) is 2.56. The lowest BCUT2D eigenvalue weighted by molar-refractivity contribution is 0.0941. The van der Waals surface area contributed by atoms with E-state index in [1.54, 1.807) is 6.07 Å². The number of rotatable bonds is 2. The molecule has 1 aliphatic heterocycles. The van der Waals surface area contributed by atoms with Crippen LogP contribution in [0.1, 0.15) is 16.8 Å². The number of nitrogen functional groups attached to an aromatic ring is 1. The number of carbonyl (C=O) groups is 1. The molecule has 2 rings (SSSR count). The van der Waals surface area contributed by atoms with Crippen molar-refractivity contribution in [3.8, 4) is 0 Å². The van der Waals surface area contributed by atoms with Crippen LogP contribution in [0, 0.1) is 0 Å². The molecule has 0 spiro atoms. The fraction of sp³-hybridized carbons (Fsp3) is 0.364. The van der Waals surface area contributed by atoms with Gasteiger partial charge in [-0.1, -0.05) is 23.2 Å². The van der Waals surface area contributed by atoms with Gasteiger partial charge in [-0.2, -0.15) is 11.8 Å². The summed E-state index contributed by atoms with van der Waals surface area (Å²) in [6, 6.07) is 3.29. The number of thioether (sulfide) groups is 1. The summed E-state index contributed by atoms with van der Waals surface area (Å²) < 4.78 is 0. The summed E-state index contributed by atoms with van der Waals surface area (Å²) >= 11 is 13.7. The zero-order chi connectivity index (χ0) is 12.4. The third-order valence-corrected chi connectivity index (χ3v) is 4.52. The Morgan fingerprint density at radius 3 is 2.88 bits per heavy atom. The summed E-state index contributed by atoms with van der Waals surface area (Å²) in [5.74, 6) is 1.81. The van der Waals surface area contributed by atoms with E-state index in [-0.39, 0.29) is 17.0 Å². The van der Waals surface area contributed by atoms with Gasteiger partial charge in [0, 0.05) is 17.5 Å². The molecule has 1 aromatic rings. The number of carbonyl (C=O) groups excluding carboxylic acids is 1. The first kappa shape index (κ1) is 12.9. The van der Waals surface area contributed by atoms with Gasteiger partial charge in [0.15, 0.2) is 0 Å². The molecule has 1 aliphatic rings. The van der Waals surface area contributed by atoms with Gasteiger partial charge in [-0.05, 0) is 24.3 Å². The van der Waals surface area contributed by atoms with Crippen molar-refractivity contribution in [3.63, 3.8) is 0 Å². The van der Waals surface area contributed by atoms with Gasteiger partial charge in [0.1, 0.15) is 0 Å². The molecule has 17 heavy (non-hydrogen) atoms. The highest BCUT2D eigenvalue weighted by Gasteiger charge is 2.20. The van der Waals surface area contributed by atoms with Gasteiger partial charge in [0.05, 0.1) is 15.6 Å². The van der Waals surface area contributed by atoms with Crippen molar-refractivity contribution in [2.75, 3.05) is 17.2 Å². The molecule has 1 heterocycles. The van der Waals surface area contributed by atoms with Gasteiger partial charge in [-0.3, -0.25) is 4.79 Å². The number of halogens is 2. The molecule has 3 nitrogen and oxygen atoms in total. The number of nitrogens with two attached hydrogens (primary N) is 1. The normalized spacial score (nSPS) is 19.3. The molecule has 3 N–H and O–H groups in total. The lowest BCUT2D eigenvalue weighted by atomic mass is 10.1.